The van der Waals surface area contributed by atoms with E-state index in [-0.39, 0.29) is 25.7 Å². The van der Waals surface area contributed by atoms with Crippen LogP contribution in [0.3, 0.4) is 0 Å². The van der Waals surface area contributed by atoms with Gasteiger partial charge in [0, 0.05) is 25.7 Å². The molecular weight excluding hydrogens is 1210 g/mol. The van der Waals surface area contributed by atoms with E-state index in [0.717, 1.165) is 108 Å². The highest BCUT2D eigenvalue weighted by Gasteiger charge is 2.30. The number of carbonyl (C=O) groups excluding carboxylic acids is 4. The molecule has 92 heavy (non-hydrogen) atoms. The van der Waals surface area contributed by atoms with Crippen LogP contribution < -0.4 is 0 Å². The maximum atomic E-state index is 13.0. The summed E-state index contributed by atoms with van der Waals surface area (Å²) in [6.45, 7) is 14.1. The Hall–Kier alpha value is -1.94. The molecule has 0 aromatic rings. The molecule has 0 rings (SSSR count). The van der Waals surface area contributed by atoms with Gasteiger partial charge in [0.25, 0.3) is 0 Å². The summed E-state index contributed by atoms with van der Waals surface area (Å²) in [6, 6.07) is 0. The molecule has 546 valence electrons. The highest BCUT2D eigenvalue weighted by Crippen LogP contribution is 2.45. The van der Waals surface area contributed by atoms with Gasteiger partial charge in [-0.3, -0.25) is 37.3 Å². The Morgan fingerprint density at radius 2 is 0.522 bits per heavy atom. The van der Waals surface area contributed by atoms with Gasteiger partial charge in [-0.1, -0.05) is 312 Å². The molecule has 0 aromatic heterocycles. The van der Waals surface area contributed by atoms with Crippen LogP contribution in [0.25, 0.3) is 0 Å². The number of ether oxygens (including phenoxy) is 4. The number of unbranched alkanes of at least 4 members (excludes halogenated alkanes) is 35. The van der Waals surface area contributed by atoms with E-state index < -0.39 is 97.5 Å². The molecule has 0 saturated carbocycles. The molecule has 6 atom stereocenters. The first-order chi connectivity index (χ1) is 44.1. The number of hydrogen-bond acceptors (Lipinski definition) is 15. The van der Waals surface area contributed by atoms with E-state index in [4.69, 9.17) is 37.0 Å². The SMILES string of the molecule is CCC(C)CCCCCCCCCCCCCCCCC(=O)O[C@H](COC(=O)CCCCCCCCCC(C)C)COP(=O)(O)OCC(O)COP(=O)(O)OC[C@@H](COC(=O)CCCCCCCCCCCCCC(C)C)OC(=O)CCCCCCCCCC(C)C. The molecule has 0 radical (unpaired) electrons. The van der Waals surface area contributed by atoms with Gasteiger partial charge in [0.05, 0.1) is 26.4 Å². The third-order valence-electron chi connectivity index (χ3n) is 17.2. The number of rotatable bonds is 70. The standard InChI is InChI=1S/C73H142O17P2/c1-9-66(8)52-44-36-28-20-16-12-10-11-13-17-22-30-39-47-55-72(77)89-68(60-84-71(76)54-46-38-31-23-26-34-42-50-64(4)5)61-87-91(79,80)85-57-67(74)58-86-92(81,82)88-62-69(90-73(78)56-48-40-32-24-27-35-43-51-65(6)7)59-83-70(75)53-45-37-29-21-18-14-15-19-25-33-41-49-63(2)3/h63-69,74H,9-62H2,1-8H3,(H,79,80)(H,81,82)/t66?,67?,68-,69-/m1/s1. The molecule has 0 spiro atoms. The summed E-state index contributed by atoms with van der Waals surface area (Å²) in [5.74, 6) is 0.890. The monoisotopic (exact) mass is 1350 g/mol. The highest BCUT2D eigenvalue weighted by molar-refractivity contribution is 7.47. The van der Waals surface area contributed by atoms with Crippen molar-refractivity contribution in [2.45, 2.75) is 382 Å². The number of carbonyl (C=O) groups is 4. The van der Waals surface area contributed by atoms with E-state index in [9.17, 15) is 43.2 Å². The quantitative estimate of drug-likeness (QED) is 0.0222. The summed E-state index contributed by atoms with van der Waals surface area (Å²) < 4.78 is 68.4. The van der Waals surface area contributed by atoms with Gasteiger partial charge in [-0.15, -0.1) is 0 Å². The van der Waals surface area contributed by atoms with Crippen molar-refractivity contribution in [2.75, 3.05) is 39.6 Å². The fourth-order valence-electron chi connectivity index (χ4n) is 11.0. The second-order valence-electron chi connectivity index (χ2n) is 28.0. The fraction of sp³-hybridized carbons (Fsp3) is 0.945. The third kappa shape index (κ3) is 65.4. The van der Waals surface area contributed by atoms with Gasteiger partial charge in [-0.25, -0.2) is 9.13 Å². The Morgan fingerprint density at radius 1 is 0.304 bits per heavy atom. The van der Waals surface area contributed by atoms with Crippen LogP contribution in [0.15, 0.2) is 0 Å². The van der Waals surface area contributed by atoms with Gasteiger partial charge in [0.2, 0.25) is 0 Å². The lowest BCUT2D eigenvalue weighted by atomic mass is 9.99. The van der Waals surface area contributed by atoms with E-state index in [2.05, 4.69) is 55.4 Å². The lowest BCUT2D eigenvalue weighted by molar-refractivity contribution is -0.161. The smallest absolute Gasteiger partial charge is 0.462 e. The van der Waals surface area contributed by atoms with Crippen LogP contribution in [0, 0.1) is 23.7 Å². The molecule has 0 amide bonds. The van der Waals surface area contributed by atoms with Gasteiger partial charge in [0.1, 0.15) is 19.3 Å². The summed E-state index contributed by atoms with van der Waals surface area (Å²) in [5.41, 5.74) is 0. The first-order valence-electron chi connectivity index (χ1n) is 37.7. The molecule has 0 aromatic carbocycles. The van der Waals surface area contributed by atoms with Crippen molar-refractivity contribution in [3.05, 3.63) is 0 Å². The largest absolute Gasteiger partial charge is 0.472 e. The summed E-state index contributed by atoms with van der Waals surface area (Å²) >= 11 is 0. The minimum Gasteiger partial charge on any atom is -0.462 e. The Bertz CT molecular complexity index is 1820. The molecular formula is C73H142O17P2. The van der Waals surface area contributed by atoms with Crippen molar-refractivity contribution in [3.63, 3.8) is 0 Å². The molecule has 0 saturated heterocycles. The Balaban J connectivity index is 5.21. The second-order valence-corrected chi connectivity index (χ2v) is 30.9. The number of esters is 4. The fourth-order valence-corrected chi connectivity index (χ4v) is 12.6. The maximum absolute atomic E-state index is 13.0. The minimum absolute atomic E-state index is 0.103. The van der Waals surface area contributed by atoms with Crippen molar-refractivity contribution in [1.82, 2.24) is 0 Å². The molecule has 4 unspecified atom stereocenters. The van der Waals surface area contributed by atoms with E-state index in [1.807, 2.05) is 0 Å². The predicted octanol–water partition coefficient (Wildman–Crippen LogP) is 20.9. The lowest BCUT2D eigenvalue weighted by Gasteiger charge is -2.21. The highest BCUT2D eigenvalue weighted by atomic mass is 31.2. The van der Waals surface area contributed by atoms with Crippen molar-refractivity contribution in [3.8, 4) is 0 Å². The van der Waals surface area contributed by atoms with Crippen LogP contribution >= 0.6 is 15.6 Å². The van der Waals surface area contributed by atoms with Gasteiger partial charge < -0.3 is 33.8 Å². The lowest BCUT2D eigenvalue weighted by Crippen LogP contribution is -2.30. The second kappa shape index (κ2) is 62.6. The molecule has 0 fully saturated rings. The van der Waals surface area contributed by atoms with Crippen molar-refractivity contribution in [1.29, 1.82) is 0 Å². The summed E-state index contributed by atoms with van der Waals surface area (Å²) in [4.78, 5) is 72.6. The molecule has 3 N–H and O–H groups in total. The number of aliphatic hydroxyl groups excluding tert-OH is 1. The van der Waals surface area contributed by atoms with E-state index in [0.29, 0.717) is 37.5 Å². The zero-order chi connectivity index (χ0) is 68.2. The predicted molar refractivity (Wildman–Crippen MR) is 372 cm³/mol. The molecule has 19 heteroatoms. The molecule has 0 heterocycles. The Labute approximate surface area is 562 Å². The van der Waals surface area contributed by atoms with Gasteiger partial charge >= 0.3 is 39.5 Å². The van der Waals surface area contributed by atoms with E-state index >= 15 is 0 Å². The normalized spacial score (nSPS) is 14.5. The van der Waals surface area contributed by atoms with E-state index in [1.54, 1.807) is 0 Å². The van der Waals surface area contributed by atoms with Gasteiger partial charge in [0.15, 0.2) is 12.2 Å². The Kier molecular flexibility index (Phi) is 61.3. The maximum Gasteiger partial charge on any atom is 0.472 e. The van der Waals surface area contributed by atoms with Crippen molar-refractivity contribution < 1.29 is 80.2 Å². The first kappa shape index (κ1) is 90.1. The number of phosphoric acid groups is 2. The molecule has 0 aliphatic carbocycles. The Morgan fingerprint density at radius 3 is 0.772 bits per heavy atom. The summed E-state index contributed by atoms with van der Waals surface area (Å²) in [7, 11) is -9.91. The van der Waals surface area contributed by atoms with E-state index in [1.165, 1.54) is 161 Å². The van der Waals surface area contributed by atoms with Crippen LogP contribution in [0.1, 0.15) is 364 Å². The van der Waals surface area contributed by atoms with Crippen molar-refractivity contribution in [2.24, 2.45) is 23.7 Å². The molecule has 0 aliphatic rings. The van der Waals surface area contributed by atoms with Gasteiger partial charge in [-0.05, 0) is 49.4 Å². The topological polar surface area (TPSA) is 237 Å². The minimum atomic E-state index is -4.95. The van der Waals surface area contributed by atoms with Crippen LogP contribution in [-0.2, 0) is 65.4 Å². The average Bonchev–Trinajstić information content (AvgIpc) is 1.52. The molecule has 0 aliphatic heterocycles. The summed E-state index contributed by atoms with van der Waals surface area (Å²) in [6.07, 6.45) is 45.9. The van der Waals surface area contributed by atoms with Crippen LogP contribution in [0.4, 0.5) is 0 Å². The van der Waals surface area contributed by atoms with Crippen LogP contribution in [-0.4, -0.2) is 96.7 Å². The van der Waals surface area contributed by atoms with Gasteiger partial charge in [-0.2, -0.15) is 0 Å². The number of phosphoric ester groups is 2. The third-order valence-corrected chi connectivity index (χ3v) is 19.1. The summed E-state index contributed by atoms with van der Waals surface area (Å²) in [5, 5.41) is 10.6. The zero-order valence-electron chi connectivity index (χ0n) is 60.2. The zero-order valence-corrected chi connectivity index (χ0v) is 62.0. The first-order valence-corrected chi connectivity index (χ1v) is 40.7. The van der Waals surface area contributed by atoms with Crippen LogP contribution in [0.2, 0.25) is 0 Å². The molecule has 17 nitrogen and oxygen atoms in total. The number of aliphatic hydroxyl groups is 1. The van der Waals surface area contributed by atoms with Crippen molar-refractivity contribution >= 4 is 39.5 Å². The number of hydrogen-bond donors (Lipinski definition) is 3. The molecule has 0 bridgehead atoms. The van der Waals surface area contributed by atoms with Crippen LogP contribution in [0.5, 0.6) is 0 Å². The average molecular weight is 1350 g/mol.